The van der Waals surface area contributed by atoms with Crippen molar-refractivity contribution >= 4 is 34.8 Å². The highest BCUT2D eigenvalue weighted by atomic mass is 32.1. The Morgan fingerprint density at radius 2 is 1.63 bits per heavy atom. The molecule has 0 radical (unpaired) electrons. The molecule has 0 bridgehead atoms. The molecule has 2 aromatic carbocycles. The van der Waals surface area contributed by atoms with E-state index in [1.807, 2.05) is 48.5 Å². The third-order valence-corrected chi connectivity index (χ3v) is 4.10. The van der Waals surface area contributed by atoms with E-state index in [1.165, 1.54) is 12.1 Å². The fourth-order valence-electron chi connectivity index (χ4n) is 2.45. The predicted molar refractivity (Wildman–Crippen MR) is 117 cm³/mol. The van der Waals surface area contributed by atoms with Gasteiger partial charge in [-0.15, -0.1) is 0 Å². The van der Waals surface area contributed by atoms with Crippen LogP contribution in [0.15, 0.2) is 90.2 Å². The summed E-state index contributed by atoms with van der Waals surface area (Å²) in [5.74, 6) is 0. The first kappa shape index (κ1) is 21.2. The number of nitrogens with one attached hydrogen (secondary N) is 2. The van der Waals surface area contributed by atoms with Crippen molar-refractivity contribution in [2.45, 2.75) is 6.18 Å². The smallest absolute Gasteiger partial charge is 0.331 e. The van der Waals surface area contributed by atoms with Crippen LogP contribution in [0.4, 0.5) is 18.9 Å². The van der Waals surface area contributed by atoms with Gasteiger partial charge in [-0.1, -0.05) is 42.5 Å². The lowest BCUT2D eigenvalue weighted by atomic mass is 10.1. The Morgan fingerprint density at radius 3 is 2.27 bits per heavy atom. The van der Waals surface area contributed by atoms with Crippen LogP contribution in [-0.2, 0) is 6.18 Å². The Bertz CT molecular complexity index is 1030. The van der Waals surface area contributed by atoms with Gasteiger partial charge in [-0.05, 0) is 60.3 Å². The van der Waals surface area contributed by atoms with Crippen LogP contribution < -0.4 is 10.7 Å². The minimum absolute atomic E-state index is 0.135. The second-order valence-electron chi connectivity index (χ2n) is 6.10. The van der Waals surface area contributed by atoms with Gasteiger partial charge >= 0.3 is 6.18 Å². The lowest BCUT2D eigenvalue weighted by molar-refractivity contribution is -0.137. The monoisotopic (exact) mass is 426 g/mol. The van der Waals surface area contributed by atoms with Crippen molar-refractivity contribution in [1.29, 1.82) is 0 Å². The molecule has 8 heteroatoms. The van der Waals surface area contributed by atoms with Gasteiger partial charge in [-0.2, -0.15) is 18.3 Å². The number of hydrogen-bond acceptors (Lipinski definition) is 3. The fraction of sp³-hybridized carbons (Fsp3) is 0.0455. The van der Waals surface area contributed by atoms with E-state index in [4.69, 9.17) is 12.2 Å². The molecular formula is C22H17F3N4S. The van der Waals surface area contributed by atoms with Crippen molar-refractivity contribution in [2.24, 2.45) is 5.10 Å². The van der Waals surface area contributed by atoms with E-state index >= 15 is 0 Å². The van der Waals surface area contributed by atoms with Crippen molar-refractivity contribution in [3.63, 3.8) is 0 Å². The zero-order valence-corrected chi connectivity index (χ0v) is 16.4. The minimum Gasteiger partial charge on any atom is -0.331 e. The van der Waals surface area contributed by atoms with Crippen LogP contribution in [0.5, 0.6) is 0 Å². The summed E-state index contributed by atoms with van der Waals surface area (Å²) >= 11 is 5.19. The molecule has 3 rings (SSSR count). The number of hydrazone groups is 1. The summed E-state index contributed by atoms with van der Waals surface area (Å²) in [6, 6.07) is 19.7. The molecule has 0 aliphatic heterocycles. The van der Waals surface area contributed by atoms with E-state index in [-0.39, 0.29) is 5.11 Å². The van der Waals surface area contributed by atoms with Crippen LogP contribution in [0.25, 0.3) is 6.08 Å². The van der Waals surface area contributed by atoms with Gasteiger partial charge in [-0.3, -0.25) is 10.4 Å². The van der Waals surface area contributed by atoms with E-state index in [9.17, 15) is 13.2 Å². The maximum atomic E-state index is 12.7. The molecule has 1 aromatic heterocycles. The number of nitrogens with zero attached hydrogens (tertiary/aromatic N) is 2. The number of pyridine rings is 1. The number of alkyl halides is 3. The maximum Gasteiger partial charge on any atom is 0.416 e. The molecule has 0 atom stereocenters. The van der Waals surface area contributed by atoms with E-state index in [0.29, 0.717) is 17.1 Å². The summed E-state index contributed by atoms with van der Waals surface area (Å²) in [5.41, 5.74) is 4.55. The number of benzene rings is 2. The Kier molecular flexibility index (Phi) is 6.92. The van der Waals surface area contributed by atoms with Gasteiger partial charge in [0, 0.05) is 11.9 Å². The molecule has 0 unspecified atom stereocenters. The predicted octanol–water partition coefficient (Wildman–Crippen LogP) is 5.50. The molecule has 2 N–H and O–H groups in total. The third kappa shape index (κ3) is 6.25. The van der Waals surface area contributed by atoms with E-state index in [0.717, 1.165) is 17.7 Å². The normalized spacial score (nSPS) is 12.0. The first-order valence-electron chi connectivity index (χ1n) is 8.88. The Labute approximate surface area is 177 Å². The van der Waals surface area contributed by atoms with Gasteiger partial charge in [0.15, 0.2) is 5.11 Å². The Morgan fingerprint density at radius 1 is 0.933 bits per heavy atom. The highest BCUT2D eigenvalue weighted by Gasteiger charge is 2.29. The number of anilines is 1. The topological polar surface area (TPSA) is 49.3 Å². The molecule has 4 nitrogen and oxygen atoms in total. The maximum absolute atomic E-state index is 12.7. The van der Waals surface area contributed by atoms with Crippen molar-refractivity contribution in [3.8, 4) is 0 Å². The van der Waals surface area contributed by atoms with Crippen LogP contribution in [0.1, 0.15) is 16.8 Å². The van der Waals surface area contributed by atoms with Crippen LogP contribution in [0.3, 0.4) is 0 Å². The van der Waals surface area contributed by atoms with E-state index in [2.05, 4.69) is 20.8 Å². The minimum atomic E-state index is -4.38. The van der Waals surface area contributed by atoms with Crippen LogP contribution >= 0.6 is 12.2 Å². The molecule has 1 heterocycles. The standard InChI is InChI=1S/C22H17F3N4S/c23-22(24,25)17-10-12-18(13-11-17)27-21(30)29-28-20(19-8-4-5-15-26-19)14-9-16-6-2-1-3-7-16/h1-15H,(H2,27,29,30)/b14-9+,28-20+. The summed E-state index contributed by atoms with van der Waals surface area (Å²) in [6.45, 7) is 0. The number of rotatable bonds is 5. The number of halogens is 3. The first-order valence-corrected chi connectivity index (χ1v) is 9.29. The molecule has 0 amide bonds. The average molecular weight is 426 g/mol. The fourth-order valence-corrected chi connectivity index (χ4v) is 2.61. The van der Waals surface area contributed by atoms with E-state index in [1.54, 1.807) is 18.3 Å². The number of thiocarbonyl (C=S) groups is 1. The molecule has 0 aliphatic carbocycles. The molecule has 0 spiro atoms. The summed E-state index contributed by atoms with van der Waals surface area (Å²) in [7, 11) is 0. The van der Waals surface area contributed by atoms with E-state index < -0.39 is 11.7 Å². The quantitative estimate of drug-likeness (QED) is 0.321. The van der Waals surface area contributed by atoms with Gasteiger partial charge in [0.1, 0.15) is 5.71 Å². The van der Waals surface area contributed by atoms with Crippen molar-refractivity contribution in [2.75, 3.05) is 5.32 Å². The summed E-state index contributed by atoms with van der Waals surface area (Å²) in [5, 5.41) is 7.23. The summed E-state index contributed by atoms with van der Waals surface area (Å²) < 4.78 is 38.0. The van der Waals surface area contributed by atoms with Crippen molar-refractivity contribution in [3.05, 3.63) is 102 Å². The number of hydrogen-bond donors (Lipinski definition) is 2. The van der Waals surface area contributed by atoms with Crippen LogP contribution in [-0.4, -0.2) is 15.8 Å². The Hall–Kier alpha value is -3.52. The summed E-state index contributed by atoms with van der Waals surface area (Å²) in [4.78, 5) is 4.29. The molecular weight excluding hydrogens is 409 g/mol. The number of allylic oxidation sites excluding steroid dienone is 1. The van der Waals surface area contributed by atoms with Gasteiger partial charge in [0.2, 0.25) is 0 Å². The Balaban J connectivity index is 1.72. The molecule has 0 aliphatic rings. The lowest BCUT2D eigenvalue weighted by Gasteiger charge is -2.10. The molecule has 0 saturated carbocycles. The highest BCUT2D eigenvalue weighted by Crippen LogP contribution is 2.29. The number of aromatic nitrogens is 1. The van der Waals surface area contributed by atoms with Crippen LogP contribution in [0.2, 0.25) is 0 Å². The van der Waals surface area contributed by atoms with Gasteiger partial charge in [0.25, 0.3) is 0 Å². The van der Waals surface area contributed by atoms with Crippen molar-refractivity contribution < 1.29 is 13.2 Å². The van der Waals surface area contributed by atoms with Crippen LogP contribution in [0, 0.1) is 0 Å². The molecule has 3 aromatic rings. The van der Waals surface area contributed by atoms with Crippen molar-refractivity contribution in [1.82, 2.24) is 10.4 Å². The van der Waals surface area contributed by atoms with Gasteiger partial charge < -0.3 is 5.32 Å². The zero-order valence-electron chi connectivity index (χ0n) is 15.6. The highest BCUT2D eigenvalue weighted by molar-refractivity contribution is 7.80. The molecule has 0 saturated heterocycles. The largest absolute Gasteiger partial charge is 0.416 e. The first-order chi connectivity index (χ1) is 14.4. The van der Waals surface area contributed by atoms with Gasteiger partial charge in [0.05, 0.1) is 11.3 Å². The van der Waals surface area contributed by atoms with Gasteiger partial charge in [-0.25, -0.2) is 0 Å². The zero-order chi connectivity index (χ0) is 21.4. The molecule has 152 valence electrons. The second-order valence-corrected chi connectivity index (χ2v) is 6.51. The third-order valence-electron chi connectivity index (χ3n) is 3.91. The molecule has 0 fully saturated rings. The molecule has 30 heavy (non-hydrogen) atoms. The lowest BCUT2D eigenvalue weighted by Crippen LogP contribution is -2.25. The second kappa shape index (κ2) is 9.80. The average Bonchev–Trinajstić information content (AvgIpc) is 2.75. The SMILES string of the molecule is FC(F)(F)c1ccc(NC(=S)N/N=C(\C=C\c2ccccc2)c2ccccn2)cc1. The summed E-state index contributed by atoms with van der Waals surface area (Å²) in [6.07, 6.45) is 0.956.